The smallest absolute Gasteiger partial charge is 0.339 e. The highest BCUT2D eigenvalue weighted by Gasteiger charge is 2.18. The summed E-state index contributed by atoms with van der Waals surface area (Å²) in [4.78, 5) is 27.9. The van der Waals surface area contributed by atoms with Crippen molar-refractivity contribution in [3.63, 3.8) is 0 Å². The number of carbonyl (C=O) groups is 2. The van der Waals surface area contributed by atoms with Gasteiger partial charge in [0.1, 0.15) is 5.56 Å². The molecule has 0 radical (unpaired) electrons. The molecular formula is C13H19N3O3. The van der Waals surface area contributed by atoms with E-state index in [2.05, 4.69) is 15.2 Å². The van der Waals surface area contributed by atoms with E-state index in [0.29, 0.717) is 17.8 Å². The molecule has 0 spiro atoms. The van der Waals surface area contributed by atoms with Gasteiger partial charge in [-0.1, -0.05) is 0 Å². The van der Waals surface area contributed by atoms with E-state index in [0.717, 1.165) is 19.6 Å². The number of rotatable bonds is 5. The highest BCUT2D eigenvalue weighted by atomic mass is 16.4. The summed E-state index contributed by atoms with van der Waals surface area (Å²) in [6.07, 6.45) is 4.30. The largest absolute Gasteiger partial charge is 0.478 e. The number of carboxylic acid groups (broad SMARTS) is 1. The predicted molar refractivity (Wildman–Crippen MR) is 71.4 cm³/mol. The molecule has 0 aromatic carbocycles. The lowest BCUT2D eigenvalue weighted by Gasteiger charge is -2.13. The Bertz CT molecular complexity index is 475. The monoisotopic (exact) mass is 265 g/mol. The number of aryl methyl sites for hydroxylation is 1. The minimum atomic E-state index is -1.03. The summed E-state index contributed by atoms with van der Waals surface area (Å²) in [6, 6.07) is 0. The van der Waals surface area contributed by atoms with Crippen LogP contribution in [0.1, 0.15) is 35.3 Å². The summed E-state index contributed by atoms with van der Waals surface area (Å²) < 4.78 is 0. The highest BCUT2D eigenvalue weighted by molar-refractivity contribution is 6.01. The number of likely N-dealkylation sites (tertiary alicyclic amines) is 1. The third kappa shape index (κ3) is 3.35. The molecule has 1 aromatic rings. The van der Waals surface area contributed by atoms with E-state index in [1.807, 2.05) is 0 Å². The zero-order valence-electron chi connectivity index (χ0n) is 11.0. The average molecular weight is 265 g/mol. The van der Waals surface area contributed by atoms with Crippen LogP contribution in [0.3, 0.4) is 0 Å². The van der Waals surface area contributed by atoms with Crippen molar-refractivity contribution in [1.29, 1.82) is 0 Å². The molecule has 1 aliphatic heterocycles. The summed E-state index contributed by atoms with van der Waals surface area (Å²) >= 11 is 0. The second-order valence-electron chi connectivity index (χ2n) is 4.85. The molecule has 6 nitrogen and oxygen atoms in total. The SMILES string of the molecule is Cc1[nH]cc(NC(=O)CCN2CCCC2)c1C(=O)O. The fraction of sp³-hybridized carbons (Fsp3) is 0.538. The molecule has 0 bridgehead atoms. The minimum absolute atomic E-state index is 0.134. The lowest BCUT2D eigenvalue weighted by atomic mass is 10.2. The molecule has 1 aliphatic rings. The lowest BCUT2D eigenvalue weighted by Crippen LogP contribution is -2.25. The van der Waals surface area contributed by atoms with Gasteiger partial charge in [0.15, 0.2) is 0 Å². The Balaban J connectivity index is 1.89. The van der Waals surface area contributed by atoms with Crippen LogP contribution in [0.15, 0.2) is 6.20 Å². The Morgan fingerprint density at radius 3 is 2.74 bits per heavy atom. The van der Waals surface area contributed by atoms with Crippen molar-refractivity contribution in [1.82, 2.24) is 9.88 Å². The first kappa shape index (κ1) is 13.6. The number of anilines is 1. The molecule has 0 aliphatic carbocycles. The first-order chi connectivity index (χ1) is 9.08. The molecule has 6 heteroatoms. The molecule has 0 atom stereocenters. The van der Waals surface area contributed by atoms with Crippen LogP contribution in [0.5, 0.6) is 0 Å². The quantitative estimate of drug-likeness (QED) is 0.752. The van der Waals surface area contributed by atoms with E-state index in [1.54, 1.807) is 6.92 Å². The van der Waals surface area contributed by atoms with E-state index in [1.165, 1.54) is 19.0 Å². The Hall–Kier alpha value is -1.82. The standard InChI is InChI=1S/C13H19N3O3/c1-9-12(13(18)19)10(8-14-9)15-11(17)4-7-16-5-2-3-6-16/h8,14H,2-7H2,1H3,(H,15,17)(H,18,19). The third-order valence-electron chi connectivity index (χ3n) is 3.42. The summed E-state index contributed by atoms with van der Waals surface area (Å²) in [5.74, 6) is -1.18. The normalized spacial score (nSPS) is 15.6. The number of hydrogen-bond acceptors (Lipinski definition) is 3. The van der Waals surface area contributed by atoms with Gasteiger partial charge in [-0.25, -0.2) is 4.79 Å². The van der Waals surface area contributed by atoms with Gasteiger partial charge in [-0.05, 0) is 32.9 Å². The zero-order valence-corrected chi connectivity index (χ0v) is 11.0. The van der Waals surface area contributed by atoms with Crippen LogP contribution >= 0.6 is 0 Å². The molecule has 3 N–H and O–H groups in total. The summed E-state index contributed by atoms with van der Waals surface area (Å²) in [5, 5.41) is 11.7. The molecule has 19 heavy (non-hydrogen) atoms. The van der Waals surface area contributed by atoms with Crippen LogP contribution in [0, 0.1) is 6.92 Å². The van der Waals surface area contributed by atoms with E-state index in [4.69, 9.17) is 5.11 Å². The second kappa shape index (κ2) is 5.88. The maximum atomic E-state index is 11.8. The van der Waals surface area contributed by atoms with Crippen LogP contribution in [0.4, 0.5) is 5.69 Å². The Labute approximate surface area is 111 Å². The van der Waals surface area contributed by atoms with Crippen LogP contribution in [0.2, 0.25) is 0 Å². The maximum Gasteiger partial charge on any atom is 0.339 e. The molecule has 1 saturated heterocycles. The van der Waals surface area contributed by atoms with Crippen molar-refractivity contribution in [3.05, 3.63) is 17.5 Å². The average Bonchev–Trinajstić information content (AvgIpc) is 2.96. The molecule has 1 amide bonds. The number of H-pyrrole nitrogens is 1. The van der Waals surface area contributed by atoms with Gasteiger partial charge < -0.3 is 20.3 Å². The van der Waals surface area contributed by atoms with Crippen molar-refractivity contribution in [2.45, 2.75) is 26.2 Å². The topological polar surface area (TPSA) is 85.4 Å². The molecular weight excluding hydrogens is 246 g/mol. The Morgan fingerprint density at radius 1 is 1.42 bits per heavy atom. The number of carbonyl (C=O) groups excluding carboxylic acids is 1. The molecule has 0 saturated carbocycles. The number of nitrogens with one attached hydrogen (secondary N) is 2. The van der Waals surface area contributed by atoms with Gasteiger partial charge >= 0.3 is 5.97 Å². The van der Waals surface area contributed by atoms with Crippen LogP contribution < -0.4 is 5.32 Å². The molecule has 1 fully saturated rings. The summed E-state index contributed by atoms with van der Waals surface area (Å²) in [5.41, 5.74) is 1.02. The Kier molecular flexibility index (Phi) is 4.21. The first-order valence-electron chi connectivity index (χ1n) is 6.51. The second-order valence-corrected chi connectivity index (χ2v) is 4.85. The molecule has 1 aromatic heterocycles. The number of nitrogens with zero attached hydrogens (tertiary/aromatic N) is 1. The van der Waals surface area contributed by atoms with E-state index in [9.17, 15) is 9.59 Å². The number of aromatic amines is 1. The summed E-state index contributed by atoms with van der Waals surface area (Å²) in [6.45, 7) is 4.51. The van der Waals surface area contributed by atoms with Gasteiger partial charge in [0, 0.05) is 24.9 Å². The van der Waals surface area contributed by atoms with Crippen molar-refractivity contribution in [3.8, 4) is 0 Å². The fourth-order valence-electron chi connectivity index (χ4n) is 2.38. The van der Waals surface area contributed by atoms with Gasteiger partial charge in [0.2, 0.25) is 5.91 Å². The van der Waals surface area contributed by atoms with Gasteiger partial charge in [0.05, 0.1) is 5.69 Å². The van der Waals surface area contributed by atoms with Crippen molar-refractivity contribution >= 4 is 17.6 Å². The molecule has 2 rings (SSSR count). The van der Waals surface area contributed by atoms with Gasteiger partial charge in [-0.2, -0.15) is 0 Å². The first-order valence-corrected chi connectivity index (χ1v) is 6.51. The van der Waals surface area contributed by atoms with Crippen molar-refractivity contribution < 1.29 is 14.7 Å². The van der Waals surface area contributed by atoms with Gasteiger partial charge in [-0.3, -0.25) is 4.79 Å². The van der Waals surface area contributed by atoms with E-state index in [-0.39, 0.29) is 11.5 Å². The van der Waals surface area contributed by atoms with Crippen LogP contribution in [-0.4, -0.2) is 46.5 Å². The number of amides is 1. The highest BCUT2D eigenvalue weighted by Crippen LogP contribution is 2.19. The Morgan fingerprint density at radius 2 is 2.11 bits per heavy atom. The van der Waals surface area contributed by atoms with Crippen molar-refractivity contribution in [2.75, 3.05) is 25.0 Å². The third-order valence-corrected chi connectivity index (χ3v) is 3.42. The van der Waals surface area contributed by atoms with Gasteiger partial charge in [0.25, 0.3) is 0 Å². The number of aromatic nitrogens is 1. The minimum Gasteiger partial charge on any atom is -0.478 e. The molecule has 0 unspecified atom stereocenters. The van der Waals surface area contributed by atoms with Crippen molar-refractivity contribution in [2.24, 2.45) is 0 Å². The van der Waals surface area contributed by atoms with E-state index >= 15 is 0 Å². The fourth-order valence-corrected chi connectivity index (χ4v) is 2.38. The zero-order chi connectivity index (χ0) is 13.8. The number of aromatic carboxylic acids is 1. The predicted octanol–water partition coefficient (Wildman–Crippen LogP) is 1.45. The van der Waals surface area contributed by atoms with Crippen LogP contribution in [0.25, 0.3) is 0 Å². The maximum absolute atomic E-state index is 11.8. The van der Waals surface area contributed by atoms with E-state index < -0.39 is 5.97 Å². The summed E-state index contributed by atoms with van der Waals surface area (Å²) in [7, 11) is 0. The molecule has 104 valence electrons. The lowest BCUT2D eigenvalue weighted by molar-refractivity contribution is -0.116. The van der Waals surface area contributed by atoms with Crippen LogP contribution in [-0.2, 0) is 4.79 Å². The number of carboxylic acids is 1. The van der Waals surface area contributed by atoms with Gasteiger partial charge in [-0.15, -0.1) is 0 Å². The number of hydrogen-bond donors (Lipinski definition) is 3. The molecule has 2 heterocycles.